The number of rotatable bonds is 4. The number of nitrogens with zero attached hydrogens (tertiary/aromatic N) is 1. The molecule has 3 rings (SSSR count). The average molecular weight is 381 g/mol. The molecule has 0 unspecified atom stereocenters. The van der Waals surface area contributed by atoms with Crippen molar-refractivity contribution in [1.29, 1.82) is 0 Å². The topological polar surface area (TPSA) is 83.9 Å². The lowest BCUT2D eigenvalue weighted by Crippen LogP contribution is -2.24. The van der Waals surface area contributed by atoms with Crippen LogP contribution in [0.2, 0.25) is 0 Å². The molecule has 1 N–H and O–H groups in total. The van der Waals surface area contributed by atoms with Crippen molar-refractivity contribution in [2.75, 3.05) is 12.0 Å². The number of carboxylic acid groups (broad SMARTS) is 1. The second kappa shape index (κ2) is 7.48. The van der Waals surface area contributed by atoms with E-state index in [1.165, 1.54) is 66.6 Å². The van der Waals surface area contributed by atoms with Gasteiger partial charge in [-0.1, -0.05) is 12.1 Å². The summed E-state index contributed by atoms with van der Waals surface area (Å²) < 4.78 is 18.1. The van der Waals surface area contributed by atoms with Gasteiger partial charge in [0.25, 0.3) is 5.91 Å². The number of allylic oxidation sites excluding steroid dienone is 1. The fourth-order valence-corrected chi connectivity index (χ4v) is 2.97. The van der Waals surface area contributed by atoms with Gasteiger partial charge >= 0.3 is 11.9 Å². The van der Waals surface area contributed by atoms with E-state index in [1.807, 2.05) is 0 Å². The third-order valence-corrected chi connectivity index (χ3v) is 4.34. The SMILES string of the molecule is COC(=O)C1=C(C)N(c2ccc(F)cc2)C(=O)/C1=C/c1ccc(C(=O)O)cc1. The first-order valence-corrected chi connectivity index (χ1v) is 8.28. The highest BCUT2D eigenvalue weighted by atomic mass is 19.1. The van der Waals surface area contributed by atoms with Crippen LogP contribution >= 0.6 is 0 Å². The predicted molar refractivity (Wildman–Crippen MR) is 100.0 cm³/mol. The number of halogens is 1. The van der Waals surface area contributed by atoms with Crippen molar-refractivity contribution in [2.45, 2.75) is 6.92 Å². The maximum atomic E-state index is 13.2. The zero-order chi connectivity index (χ0) is 20.4. The van der Waals surface area contributed by atoms with Gasteiger partial charge in [-0.05, 0) is 55.0 Å². The lowest BCUT2D eigenvalue weighted by molar-refractivity contribution is -0.136. The summed E-state index contributed by atoms with van der Waals surface area (Å²) >= 11 is 0. The molecule has 0 aromatic heterocycles. The fraction of sp³-hybridized carbons (Fsp3) is 0.0952. The molecule has 0 fully saturated rings. The molecule has 7 heteroatoms. The van der Waals surface area contributed by atoms with Gasteiger partial charge in [0.15, 0.2) is 0 Å². The van der Waals surface area contributed by atoms with E-state index in [0.717, 1.165) is 0 Å². The summed E-state index contributed by atoms with van der Waals surface area (Å²) in [5.74, 6) is -2.65. The second-order valence-electron chi connectivity index (χ2n) is 6.05. The zero-order valence-corrected chi connectivity index (χ0v) is 15.1. The summed E-state index contributed by atoms with van der Waals surface area (Å²) in [6.07, 6.45) is 1.49. The van der Waals surface area contributed by atoms with Crippen LogP contribution in [0.25, 0.3) is 6.08 Å². The Morgan fingerprint density at radius 3 is 2.21 bits per heavy atom. The van der Waals surface area contributed by atoms with Gasteiger partial charge in [0.2, 0.25) is 0 Å². The molecule has 2 aromatic rings. The lowest BCUT2D eigenvalue weighted by atomic mass is 10.0. The van der Waals surface area contributed by atoms with Gasteiger partial charge < -0.3 is 9.84 Å². The number of hydrogen-bond donors (Lipinski definition) is 1. The van der Waals surface area contributed by atoms with Crippen LogP contribution in [0, 0.1) is 5.82 Å². The van der Waals surface area contributed by atoms with E-state index >= 15 is 0 Å². The van der Waals surface area contributed by atoms with Crippen LogP contribution in [-0.4, -0.2) is 30.1 Å². The van der Waals surface area contributed by atoms with Crippen molar-refractivity contribution in [3.63, 3.8) is 0 Å². The summed E-state index contributed by atoms with van der Waals surface area (Å²) in [5.41, 5.74) is 1.62. The molecule has 1 heterocycles. The van der Waals surface area contributed by atoms with Gasteiger partial charge in [0.1, 0.15) is 5.82 Å². The largest absolute Gasteiger partial charge is 0.478 e. The maximum absolute atomic E-state index is 13.2. The second-order valence-corrected chi connectivity index (χ2v) is 6.05. The van der Waals surface area contributed by atoms with Crippen molar-refractivity contribution < 1.29 is 28.6 Å². The molecule has 0 radical (unpaired) electrons. The molecule has 0 bridgehead atoms. The standard InChI is InChI=1S/C21H16FNO5/c1-12-18(21(27)28-2)17(11-13-3-5-14(6-4-13)20(25)26)19(24)23(12)16-9-7-15(22)8-10-16/h3-11H,1-2H3,(H,25,26)/b17-11+. The Labute approximate surface area is 160 Å². The number of methoxy groups -OCH3 is 1. The zero-order valence-electron chi connectivity index (χ0n) is 15.1. The van der Waals surface area contributed by atoms with Crippen molar-refractivity contribution in [1.82, 2.24) is 0 Å². The van der Waals surface area contributed by atoms with Crippen LogP contribution in [0.15, 0.2) is 65.4 Å². The number of esters is 1. The molecule has 6 nitrogen and oxygen atoms in total. The first-order valence-electron chi connectivity index (χ1n) is 8.28. The minimum Gasteiger partial charge on any atom is -0.478 e. The fourth-order valence-electron chi connectivity index (χ4n) is 2.97. The van der Waals surface area contributed by atoms with Crippen LogP contribution in [0.4, 0.5) is 10.1 Å². The summed E-state index contributed by atoms with van der Waals surface area (Å²) in [7, 11) is 1.22. The smallest absolute Gasteiger partial charge is 0.340 e. The van der Waals surface area contributed by atoms with E-state index in [0.29, 0.717) is 16.9 Å². The van der Waals surface area contributed by atoms with E-state index in [2.05, 4.69) is 0 Å². The van der Waals surface area contributed by atoms with Crippen LogP contribution < -0.4 is 4.90 Å². The van der Waals surface area contributed by atoms with Gasteiger partial charge in [-0.15, -0.1) is 0 Å². The number of amides is 1. The van der Waals surface area contributed by atoms with Crippen molar-refractivity contribution in [3.8, 4) is 0 Å². The molecule has 1 aliphatic heterocycles. The highest BCUT2D eigenvalue weighted by molar-refractivity contribution is 6.23. The highest BCUT2D eigenvalue weighted by Crippen LogP contribution is 2.35. The Balaban J connectivity index is 2.08. The van der Waals surface area contributed by atoms with Crippen molar-refractivity contribution in [2.24, 2.45) is 0 Å². The molecule has 1 amide bonds. The highest BCUT2D eigenvalue weighted by Gasteiger charge is 2.37. The number of carbonyl (C=O) groups excluding carboxylic acids is 2. The monoisotopic (exact) mass is 381 g/mol. The van der Waals surface area contributed by atoms with Crippen molar-refractivity contribution in [3.05, 3.63) is 82.3 Å². The Kier molecular flexibility index (Phi) is 5.08. The molecule has 0 saturated heterocycles. The van der Waals surface area contributed by atoms with E-state index in [9.17, 15) is 18.8 Å². The van der Waals surface area contributed by atoms with E-state index in [1.54, 1.807) is 6.92 Å². The summed E-state index contributed by atoms with van der Waals surface area (Å²) in [4.78, 5) is 37.6. The Hall–Kier alpha value is -3.74. The molecular weight excluding hydrogens is 365 g/mol. The van der Waals surface area contributed by atoms with Gasteiger partial charge in [0, 0.05) is 11.4 Å². The summed E-state index contributed by atoms with van der Waals surface area (Å²) in [6, 6.07) is 11.2. The van der Waals surface area contributed by atoms with E-state index in [-0.39, 0.29) is 16.7 Å². The van der Waals surface area contributed by atoms with Crippen LogP contribution in [0.1, 0.15) is 22.8 Å². The van der Waals surface area contributed by atoms with Crippen molar-refractivity contribution >= 4 is 29.6 Å². The van der Waals surface area contributed by atoms with Gasteiger partial charge in [-0.3, -0.25) is 9.69 Å². The Morgan fingerprint density at radius 1 is 1.07 bits per heavy atom. The first kappa shape index (κ1) is 19.0. The van der Waals surface area contributed by atoms with E-state index in [4.69, 9.17) is 9.84 Å². The minimum absolute atomic E-state index is 0.0964. The third-order valence-electron chi connectivity index (χ3n) is 4.34. The van der Waals surface area contributed by atoms with Crippen LogP contribution in [0.5, 0.6) is 0 Å². The minimum atomic E-state index is -1.07. The molecule has 2 aromatic carbocycles. The lowest BCUT2D eigenvalue weighted by Gasteiger charge is -2.17. The quantitative estimate of drug-likeness (QED) is 0.648. The number of ether oxygens (including phenoxy) is 1. The van der Waals surface area contributed by atoms with Gasteiger partial charge in [-0.2, -0.15) is 0 Å². The maximum Gasteiger partial charge on any atom is 0.340 e. The molecule has 142 valence electrons. The summed E-state index contributed by atoms with van der Waals surface area (Å²) in [5, 5.41) is 8.99. The molecule has 28 heavy (non-hydrogen) atoms. The first-order chi connectivity index (χ1) is 13.3. The normalized spacial score (nSPS) is 15.3. The third kappa shape index (κ3) is 3.42. The molecule has 1 aliphatic rings. The molecule has 0 saturated carbocycles. The molecular formula is C21H16FNO5. The van der Waals surface area contributed by atoms with Crippen LogP contribution in [0.3, 0.4) is 0 Å². The number of hydrogen-bond acceptors (Lipinski definition) is 4. The average Bonchev–Trinajstić information content (AvgIpc) is 2.92. The predicted octanol–water partition coefficient (Wildman–Crippen LogP) is 3.40. The van der Waals surface area contributed by atoms with Crippen LogP contribution in [-0.2, 0) is 14.3 Å². The number of anilines is 1. The number of benzene rings is 2. The summed E-state index contributed by atoms with van der Waals surface area (Å²) in [6.45, 7) is 1.60. The molecule has 0 aliphatic carbocycles. The Bertz CT molecular complexity index is 1020. The van der Waals surface area contributed by atoms with E-state index < -0.39 is 23.7 Å². The molecule has 0 atom stereocenters. The number of aromatic carboxylic acids is 1. The van der Waals surface area contributed by atoms with Gasteiger partial charge in [0.05, 0.1) is 23.8 Å². The Morgan fingerprint density at radius 2 is 1.68 bits per heavy atom. The number of carbonyl (C=O) groups is 3. The molecule has 0 spiro atoms. The van der Waals surface area contributed by atoms with Gasteiger partial charge in [-0.25, -0.2) is 14.0 Å². The number of carboxylic acids is 1.